The van der Waals surface area contributed by atoms with Crippen LogP contribution < -0.4 is 5.01 Å². The number of nitrogens with zero attached hydrogens (tertiary/aromatic N) is 3. The molecule has 1 aliphatic rings. The van der Waals surface area contributed by atoms with Crippen molar-refractivity contribution >= 4 is 17.5 Å². The van der Waals surface area contributed by atoms with Gasteiger partial charge in [0.1, 0.15) is 11.6 Å². The molecule has 0 spiro atoms. The normalized spacial score (nSPS) is 15.7. The lowest BCUT2D eigenvalue weighted by molar-refractivity contribution is -0.144. The van der Waals surface area contributed by atoms with Gasteiger partial charge in [-0.2, -0.15) is 10.3 Å². The van der Waals surface area contributed by atoms with Crippen LogP contribution in [0.2, 0.25) is 0 Å². The van der Waals surface area contributed by atoms with E-state index >= 15 is 0 Å². The van der Waals surface area contributed by atoms with Crippen molar-refractivity contribution in [2.24, 2.45) is 5.92 Å². The van der Waals surface area contributed by atoms with E-state index < -0.39 is 5.91 Å². The molecule has 1 atom stereocenters. The predicted octanol–water partition coefficient (Wildman–Crippen LogP) is 4.53. The molecule has 2 amide bonds. The number of anilines is 1. The van der Waals surface area contributed by atoms with Crippen molar-refractivity contribution in [3.63, 3.8) is 0 Å². The highest BCUT2D eigenvalue weighted by Gasteiger charge is 2.36. The minimum Gasteiger partial charge on any atom is -0.275 e. The summed E-state index contributed by atoms with van der Waals surface area (Å²) in [6, 6.07) is 9.79. The Bertz CT molecular complexity index is 776. The Morgan fingerprint density at radius 1 is 1.26 bits per heavy atom. The molecule has 0 radical (unpaired) electrons. The molecule has 0 fully saturated rings. The van der Waals surface area contributed by atoms with E-state index in [2.05, 4.69) is 13.8 Å². The van der Waals surface area contributed by atoms with Gasteiger partial charge in [-0.3, -0.25) is 14.6 Å². The number of unbranched alkanes of at least 4 members (excludes halogenated alkanes) is 1. The number of rotatable bonds is 8. The van der Waals surface area contributed by atoms with Crippen molar-refractivity contribution < 1.29 is 9.59 Å². The largest absolute Gasteiger partial charge is 0.290 e. The first-order valence-electron chi connectivity index (χ1n) is 9.74. The van der Waals surface area contributed by atoms with Gasteiger partial charge < -0.3 is 0 Å². The number of imide groups is 1. The van der Waals surface area contributed by atoms with Gasteiger partial charge in [0.2, 0.25) is 0 Å². The van der Waals surface area contributed by atoms with Gasteiger partial charge in [0.15, 0.2) is 0 Å². The molecule has 144 valence electrons. The summed E-state index contributed by atoms with van der Waals surface area (Å²) in [5.74, 6) is -0.426. The van der Waals surface area contributed by atoms with Crippen LogP contribution in [-0.4, -0.2) is 23.4 Å². The SMILES string of the molecule is CCCCC(CC)CN(c1cccc(C)c1)N1C(=O)CC(C)=C(C#N)C1=O. The molecule has 5 nitrogen and oxygen atoms in total. The molecule has 0 bridgehead atoms. The quantitative estimate of drug-likeness (QED) is 0.633. The van der Waals surface area contributed by atoms with Crippen LogP contribution in [0, 0.1) is 24.2 Å². The smallest absolute Gasteiger partial charge is 0.275 e. The molecule has 0 aliphatic carbocycles. The van der Waals surface area contributed by atoms with E-state index in [4.69, 9.17) is 0 Å². The lowest BCUT2D eigenvalue weighted by atomic mass is 9.98. The molecule has 1 heterocycles. The van der Waals surface area contributed by atoms with Crippen LogP contribution in [0.3, 0.4) is 0 Å². The molecule has 0 N–H and O–H groups in total. The average Bonchev–Trinajstić information content (AvgIpc) is 2.63. The molecule has 1 aromatic rings. The van der Waals surface area contributed by atoms with Crippen molar-refractivity contribution in [1.29, 1.82) is 5.26 Å². The van der Waals surface area contributed by atoms with Gasteiger partial charge in [-0.05, 0) is 49.5 Å². The monoisotopic (exact) mass is 367 g/mol. The summed E-state index contributed by atoms with van der Waals surface area (Å²) in [5, 5.41) is 12.4. The van der Waals surface area contributed by atoms with E-state index in [-0.39, 0.29) is 17.9 Å². The van der Waals surface area contributed by atoms with Crippen molar-refractivity contribution in [1.82, 2.24) is 5.01 Å². The highest BCUT2D eigenvalue weighted by Crippen LogP contribution is 2.28. The fourth-order valence-corrected chi connectivity index (χ4v) is 3.43. The van der Waals surface area contributed by atoms with Crippen molar-refractivity contribution in [2.75, 3.05) is 11.6 Å². The Morgan fingerprint density at radius 2 is 2.00 bits per heavy atom. The number of nitriles is 1. The van der Waals surface area contributed by atoms with E-state index in [0.717, 1.165) is 36.9 Å². The fraction of sp³-hybridized carbons (Fsp3) is 0.500. The van der Waals surface area contributed by atoms with Gasteiger partial charge in [-0.15, -0.1) is 0 Å². The highest BCUT2D eigenvalue weighted by atomic mass is 16.2. The van der Waals surface area contributed by atoms with E-state index in [1.807, 2.05) is 37.3 Å². The lowest BCUT2D eigenvalue weighted by Crippen LogP contribution is -2.54. The molecule has 5 heteroatoms. The molecule has 0 saturated carbocycles. The molecule has 2 rings (SSSR count). The second-order valence-corrected chi connectivity index (χ2v) is 7.29. The van der Waals surface area contributed by atoms with Crippen LogP contribution in [0.15, 0.2) is 35.4 Å². The lowest BCUT2D eigenvalue weighted by Gasteiger charge is -2.39. The van der Waals surface area contributed by atoms with Gasteiger partial charge in [0.05, 0.1) is 12.1 Å². The van der Waals surface area contributed by atoms with Gasteiger partial charge >= 0.3 is 0 Å². The fourth-order valence-electron chi connectivity index (χ4n) is 3.43. The second-order valence-electron chi connectivity index (χ2n) is 7.29. The first kappa shape index (κ1) is 20.7. The van der Waals surface area contributed by atoms with Gasteiger partial charge in [-0.25, -0.2) is 0 Å². The van der Waals surface area contributed by atoms with Crippen molar-refractivity contribution in [2.45, 2.75) is 59.8 Å². The number of carbonyl (C=O) groups excluding carboxylic acids is 2. The number of hydrazine groups is 1. The van der Waals surface area contributed by atoms with E-state index in [1.165, 1.54) is 5.01 Å². The van der Waals surface area contributed by atoms with Crippen LogP contribution in [0.25, 0.3) is 0 Å². The first-order valence-corrected chi connectivity index (χ1v) is 9.74. The van der Waals surface area contributed by atoms with Crippen LogP contribution in [0.1, 0.15) is 58.4 Å². The van der Waals surface area contributed by atoms with Gasteiger partial charge in [0, 0.05) is 6.54 Å². The zero-order valence-electron chi connectivity index (χ0n) is 16.8. The number of benzene rings is 1. The van der Waals surface area contributed by atoms with Crippen LogP contribution >= 0.6 is 0 Å². The maximum Gasteiger partial charge on any atom is 0.290 e. The Kier molecular flexibility index (Phi) is 7.18. The van der Waals surface area contributed by atoms with E-state index in [9.17, 15) is 14.9 Å². The minimum absolute atomic E-state index is 0.0776. The third kappa shape index (κ3) is 4.77. The standard InChI is InChI=1S/C22H29N3O2/c1-5-7-10-18(6-2)15-24(19-11-8-9-16(3)12-19)25-21(26)13-17(4)20(14-23)22(25)27/h8-9,11-12,18H,5-7,10,13,15H2,1-4H3. The number of hydrogen-bond acceptors (Lipinski definition) is 4. The minimum atomic E-state index is -0.516. The molecule has 1 aromatic carbocycles. The molecule has 1 aliphatic heterocycles. The maximum atomic E-state index is 12.9. The Morgan fingerprint density at radius 3 is 2.59 bits per heavy atom. The summed E-state index contributed by atoms with van der Waals surface area (Å²) in [7, 11) is 0. The van der Waals surface area contributed by atoms with E-state index in [1.54, 1.807) is 11.9 Å². The van der Waals surface area contributed by atoms with E-state index in [0.29, 0.717) is 18.0 Å². The Labute approximate surface area is 162 Å². The molecule has 0 aromatic heterocycles. The predicted molar refractivity (Wildman–Crippen MR) is 107 cm³/mol. The number of aryl methyl sites for hydroxylation is 1. The van der Waals surface area contributed by atoms with Crippen LogP contribution in [0.5, 0.6) is 0 Å². The number of carbonyl (C=O) groups is 2. The van der Waals surface area contributed by atoms with Crippen LogP contribution in [0.4, 0.5) is 5.69 Å². The maximum absolute atomic E-state index is 12.9. The summed E-state index contributed by atoms with van der Waals surface area (Å²) in [6.45, 7) is 8.55. The Balaban J connectivity index is 2.44. The first-order chi connectivity index (χ1) is 12.9. The molecule has 0 saturated heterocycles. The van der Waals surface area contributed by atoms with Crippen molar-refractivity contribution in [3.8, 4) is 6.07 Å². The molecule has 1 unspecified atom stereocenters. The second kappa shape index (κ2) is 9.36. The van der Waals surface area contributed by atoms with Gasteiger partial charge in [-0.1, -0.05) is 45.2 Å². The number of amides is 2. The third-order valence-corrected chi connectivity index (χ3v) is 5.11. The zero-order chi connectivity index (χ0) is 20.0. The molecular weight excluding hydrogens is 338 g/mol. The summed E-state index contributed by atoms with van der Waals surface area (Å²) < 4.78 is 0. The topological polar surface area (TPSA) is 64.4 Å². The summed E-state index contributed by atoms with van der Waals surface area (Å²) in [5.41, 5.74) is 2.49. The molecule has 27 heavy (non-hydrogen) atoms. The number of hydrogen-bond donors (Lipinski definition) is 0. The van der Waals surface area contributed by atoms with Gasteiger partial charge in [0.25, 0.3) is 11.8 Å². The summed E-state index contributed by atoms with van der Waals surface area (Å²) >= 11 is 0. The zero-order valence-corrected chi connectivity index (χ0v) is 16.8. The third-order valence-electron chi connectivity index (χ3n) is 5.11. The summed E-state index contributed by atoms with van der Waals surface area (Å²) in [4.78, 5) is 25.7. The Hall–Kier alpha value is -2.61. The average molecular weight is 367 g/mol. The van der Waals surface area contributed by atoms with Crippen LogP contribution in [-0.2, 0) is 9.59 Å². The highest BCUT2D eigenvalue weighted by molar-refractivity contribution is 6.11. The molecular formula is C22H29N3O2. The summed E-state index contributed by atoms with van der Waals surface area (Å²) in [6.07, 6.45) is 4.35. The van der Waals surface area contributed by atoms with Crippen molar-refractivity contribution in [3.05, 3.63) is 41.0 Å².